The molecule has 0 aliphatic carbocycles. The number of anilines is 3. The number of nitrogens with zero attached hydrogens (tertiary/aromatic N) is 1. The molecule has 0 unspecified atom stereocenters. The average molecular weight is 492 g/mol. The zero-order chi connectivity index (χ0) is 25.1. The lowest BCUT2D eigenvalue weighted by Crippen LogP contribution is -2.32. The molecule has 9 heteroatoms. The molecule has 3 aromatic carbocycles. The van der Waals surface area contributed by atoms with E-state index in [1.54, 1.807) is 36.4 Å². The van der Waals surface area contributed by atoms with Crippen LogP contribution in [0.4, 0.5) is 17.1 Å². The van der Waals surface area contributed by atoms with Crippen molar-refractivity contribution in [3.63, 3.8) is 0 Å². The van der Waals surface area contributed by atoms with Crippen LogP contribution in [-0.4, -0.2) is 31.9 Å². The highest BCUT2D eigenvalue weighted by Gasteiger charge is 2.40. The van der Waals surface area contributed by atoms with Crippen molar-refractivity contribution in [2.75, 3.05) is 29.8 Å². The standard InChI is InChI=1S/C26H22ClN3O5/c1-15-7-4-5-10-19(15)29-24(31)16-8-6-9-17(13-16)28-23-22(27)25(32)30(26(23)33)20-14-18(34-2)11-12-21(20)35-3/h4-14,28H,1-3H3,(H,29,31). The zero-order valence-corrected chi connectivity index (χ0v) is 20.0. The van der Waals surface area contributed by atoms with Crippen LogP contribution in [0.3, 0.4) is 0 Å². The minimum atomic E-state index is -0.709. The number of hydrogen-bond donors (Lipinski definition) is 2. The molecule has 3 amide bonds. The molecule has 178 valence electrons. The summed E-state index contributed by atoms with van der Waals surface area (Å²) in [5.41, 5.74) is 2.48. The van der Waals surface area contributed by atoms with Gasteiger partial charge in [-0.15, -0.1) is 0 Å². The third-order valence-corrected chi connectivity index (χ3v) is 5.79. The first-order valence-corrected chi connectivity index (χ1v) is 11.0. The van der Waals surface area contributed by atoms with E-state index in [4.69, 9.17) is 21.1 Å². The van der Waals surface area contributed by atoms with Crippen LogP contribution in [0, 0.1) is 6.92 Å². The highest BCUT2D eigenvalue weighted by Crippen LogP contribution is 2.38. The second-order valence-electron chi connectivity index (χ2n) is 7.65. The first kappa shape index (κ1) is 23.8. The molecule has 1 heterocycles. The number of imide groups is 1. The van der Waals surface area contributed by atoms with Crippen LogP contribution < -0.4 is 25.0 Å². The highest BCUT2D eigenvalue weighted by atomic mass is 35.5. The number of amides is 3. The molecule has 0 atom stereocenters. The van der Waals surface area contributed by atoms with Crippen molar-refractivity contribution in [3.05, 3.63) is 88.6 Å². The van der Waals surface area contributed by atoms with Gasteiger partial charge in [0.1, 0.15) is 22.2 Å². The number of carbonyl (C=O) groups excluding carboxylic acids is 3. The number of nitrogens with one attached hydrogen (secondary N) is 2. The van der Waals surface area contributed by atoms with Crippen molar-refractivity contribution in [1.82, 2.24) is 0 Å². The van der Waals surface area contributed by atoms with Crippen LogP contribution in [0.15, 0.2) is 77.5 Å². The predicted octanol–water partition coefficient (Wildman–Crippen LogP) is 4.70. The fourth-order valence-corrected chi connectivity index (χ4v) is 3.80. The van der Waals surface area contributed by atoms with Gasteiger partial charge in [0.25, 0.3) is 17.7 Å². The number of hydrogen-bond acceptors (Lipinski definition) is 6. The molecule has 0 bridgehead atoms. The largest absolute Gasteiger partial charge is 0.497 e. The molecular weight excluding hydrogens is 470 g/mol. The molecule has 0 spiro atoms. The topological polar surface area (TPSA) is 97.0 Å². The van der Waals surface area contributed by atoms with Gasteiger partial charge in [-0.3, -0.25) is 14.4 Å². The van der Waals surface area contributed by atoms with Gasteiger partial charge in [-0.05, 0) is 48.9 Å². The number of rotatable bonds is 7. The highest BCUT2D eigenvalue weighted by molar-refractivity contribution is 6.53. The number of carbonyl (C=O) groups is 3. The summed E-state index contributed by atoms with van der Waals surface area (Å²) in [6.45, 7) is 1.90. The second kappa shape index (κ2) is 9.90. The molecule has 1 aliphatic heterocycles. The first-order chi connectivity index (χ1) is 16.8. The zero-order valence-electron chi connectivity index (χ0n) is 19.2. The van der Waals surface area contributed by atoms with E-state index in [0.29, 0.717) is 28.4 Å². The molecule has 1 aliphatic rings. The van der Waals surface area contributed by atoms with E-state index in [0.717, 1.165) is 10.5 Å². The number of aryl methyl sites for hydroxylation is 1. The van der Waals surface area contributed by atoms with Gasteiger partial charge < -0.3 is 20.1 Å². The predicted molar refractivity (Wildman–Crippen MR) is 134 cm³/mol. The SMILES string of the molecule is COc1ccc(OC)c(N2C(=O)C(Cl)=C(Nc3cccc(C(=O)Nc4ccccc4C)c3)C2=O)c1. The molecule has 0 radical (unpaired) electrons. The number of methoxy groups -OCH3 is 2. The van der Waals surface area contributed by atoms with E-state index in [2.05, 4.69) is 10.6 Å². The normalized spacial score (nSPS) is 13.2. The Balaban J connectivity index is 1.58. The molecule has 8 nitrogen and oxygen atoms in total. The molecule has 2 N–H and O–H groups in total. The maximum atomic E-state index is 13.2. The van der Waals surface area contributed by atoms with Gasteiger partial charge in [0.05, 0.1) is 19.9 Å². The molecule has 0 saturated heterocycles. The summed E-state index contributed by atoms with van der Waals surface area (Å²) < 4.78 is 10.5. The van der Waals surface area contributed by atoms with E-state index >= 15 is 0 Å². The number of para-hydroxylation sites is 1. The van der Waals surface area contributed by atoms with Gasteiger partial charge in [0.15, 0.2) is 0 Å². The van der Waals surface area contributed by atoms with Crippen molar-refractivity contribution in [2.24, 2.45) is 0 Å². The maximum Gasteiger partial charge on any atom is 0.283 e. The van der Waals surface area contributed by atoms with Gasteiger partial charge in [-0.2, -0.15) is 0 Å². The summed E-state index contributed by atoms with van der Waals surface area (Å²) >= 11 is 6.27. The maximum absolute atomic E-state index is 13.2. The molecule has 35 heavy (non-hydrogen) atoms. The van der Waals surface area contributed by atoms with Gasteiger partial charge >= 0.3 is 0 Å². The monoisotopic (exact) mass is 491 g/mol. The van der Waals surface area contributed by atoms with Crippen LogP contribution in [0.25, 0.3) is 0 Å². The molecule has 0 saturated carbocycles. The average Bonchev–Trinajstić information content (AvgIpc) is 3.08. The van der Waals surface area contributed by atoms with E-state index in [9.17, 15) is 14.4 Å². The summed E-state index contributed by atoms with van der Waals surface area (Å²) in [6, 6.07) is 18.7. The minimum absolute atomic E-state index is 0.113. The molecule has 0 aromatic heterocycles. The van der Waals surface area contributed by atoms with E-state index in [1.807, 2.05) is 31.2 Å². The van der Waals surface area contributed by atoms with Crippen molar-refractivity contribution in [1.29, 1.82) is 0 Å². The quantitative estimate of drug-likeness (QED) is 0.465. The Hall–Kier alpha value is -4.30. The van der Waals surface area contributed by atoms with Gasteiger partial charge in [-0.1, -0.05) is 35.9 Å². The van der Waals surface area contributed by atoms with Crippen LogP contribution in [0.2, 0.25) is 0 Å². The van der Waals surface area contributed by atoms with Crippen molar-refractivity contribution >= 4 is 46.4 Å². The molecule has 0 fully saturated rings. The van der Waals surface area contributed by atoms with Crippen molar-refractivity contribution in [3.8, 4) is 11.5 Å². The Labute approximate surface area is 207 Å². The fourth-order valence-electron chi connectivity index (χ4n) is 3.59. The lowest BCUT2D eigenvalue weighted by Gasteiger charge is -2.19. The third-order valence-electron chi connectivity index (χ3n) is 5.44. The Bertz CT molecular complexity index is 1370. The fraction of sp³-hybridized carbons (Fsp3) is 0.115. The van der Waals surface area contributed by atoms with E-state index < -0.39 is 11.8 Å². The Morgan fingerprint density at radius 2 is 1.69 bits per heavy atom. The Kier molecular flexibility index (Phi) is 6.75. The third kappa shape index (κ3) is 4.69. The minimum Gasteiger partial charge on any atom is -0.497 e. The smallest absolute Gasteiger partial charge is 0.283 e. The van der Waals surface area contributed by atoms with Crippen LogP contribution in [0.5, 0.6) is 11.5 Å². The number of ether oxygens (including phenoxy) is 2. The molecule has 3 aromatic rings. The van der Waals surface area contributed by atoms with E-state index in [1.165, 1.54) is 20.3 Å². The summed E-state index contributed by atoms with van der Waals surface area (Å²) in [7, 11) is 2.90. The van der Waals surface area contributed by atoms with Gasteiger partial charge in [-0.25, -0.2) is 4.90 Å². The summed E-state index contributed by atoms with van der Waals surface area (Å²) in [5, 5.41) is 5.47. The summed E-state index contributed by atoms with van der Waals surface area (Å²) in [6.07, 6.45) is 0. The second-order valence-corrected chi connectivity index (χ2v) is 8.03. The summed E-state index contributed by atoms with van der Waals surface area (Å²) in [5.74, 6) is -0.959. The first-order valence-electron chi connectivity index (χ1n) is 10.6. The van der Waals surface area contributed by atoms with Crippen molar-refractivity contribution in [2.45, 2.75) is 6.92 Å². The Morgan fingerprint density at radius 1 is 0.914 bits per heavy atom. The number of halogens is 1. The van der Waals surface area contributed by atoms with Crippen LogP contribution in [0.1, 0.15) is 15.9 Å². The lowest BCUT2D eigenvalue weighted by atomic mass is 10.1. The molecular formula is C26H22ClN3O5. The van der Waals surface area contributed by atoms with Crippen LogP contribution in [-0.2, 0) is 9.59 Å². The van der Waals surface area contributed by atoms with E-state index in [-0.39, 0.29) is 22.3 Å². The van der Waals surface area contributed by atoms with Gasteiger partial charge in [0, 0.05) is 23.0 Å². The summed E-state index contributed by atoms with van der Waals surface area (Å²) in [4.78, 5) is 39.8. The van der Waals surface area contributed by atoms with Gasteiger partial charge in [0.2, 0.25) is 0 Å². The number of benzene rings is 3. The molecule has 4 rings (SSSR count). The van der Waals surface area contributed by atoms with Crippen molar-refractivity contribution < 1.29 is 23.9 Å². The lowest BCUT2D eigenvalue weighted by molar-refractivity contribution is -0.120. The van der Waals surface area contributed by atoms with Crippen LogP contribution >= 0.6 is 11.6 Å². The Morgan fingerprint density at radius 3 is 2.40 bits per heavy atom.